The van der Waals surface area contributed by atoms with Crippen LogP contribution in [0.4, 0.5) is 0 Å². The summed E-state index contributed by atoms with van der Waals surface area (Å²) in [7, 11) is 0. The highest BCUT2D eigenvalue weighted by molar-refractivity contribution is 5.91. The molecule has 122 valence electrons. The summed E-state index contributed by atoms with van der Waals surface area (Å²) in [5.74, 6) is 1.11. The number of nitrogens with one attached hydrogen (secondary N) is 1. The normalized spacial score (nSPS) is 26.4. The molecular weight excluding hydrogens is 306 g/mol. The fourth-order valence-electron chi connectivity index (χ4n) is 3.45. The van der Waals surface area contributed by atoms with Gasteiger partial charge in [0.25, 0.3) is 5.91 Å². The Morgan fingerprint density at radius 1 is 1.36 bits per heavy atom. The minimum absolute atomic E-state index is 0. The molecule has 7 heteroatoms. The number of fused-ring (bicyclic) bond motifs is 1. The number of carbonyl (C=O) groups excluding carboxylic acids is 2. The zero-order chi connectivity index (χ0) is 14.8. The number of hydrogen-bond acceptors (Lipinski definition) is 4. The Kier molecular flexibility index (Phi) is 5.47. The highest BCUT2D eigenvalue weighted by Gasteiger charge is 2.42. The van der Waals surface area contributed by atoms with E-state index in [4.69, 9.17) is 10.2 Å². The molecule has 1 saturated carbocycles. The third kappa shape index (κ3) is 3.44. The fourth-order valence-corrected chi connectivity index (χ4v) is 3.45. The van der Waals surface area contributed by atoms with Crippen LogP contribution < -0.4 is 11.1 Å². The molecular formula is C15H22ClN3O3. The van der Waals surface area contributed by atoms with Crippen LogP contribution in [-0.2, 0) is 4.79 Å². The molecule has 0 aromatic carbocycles. The molecule has 1 aromatic rings. The summed E-state index contributed by atoms with van der Waals surface area (Å²) in [6.45, 7) is 1.93. The minimum Gasteiger partial charge on any atom is -0.459 e. The average Bonchev–Trinajstić information content (AvgIpc) is 3.17. The van der Waals surface area contributed by atoms with Gasteiger partial charge in [-0.25, -0.2) is 0 Å². The van der Waals surface area contributed by atoms with Crippen LogP contribution in [0.5, 0.6) is 0 Å². The van der Waals surface area contributed by atoms with Crippen molar-refractivity contribution in [2.75, 3.05) is 19.6 Å². The average molecular weight is 328 g/mol. The van der Waals surface area contributed by atoms with E-state index in [2.05, 4.69) is 5.32 Å². The molecule has 2 fully saturated rings. The second kappa shape index (κ2) is 7.15. The van der Waals surface area contributed by atoms with Crippen LogP contribution in [0.3, 0.4) is 0 Å². The number of nitrogens with two attached hydrogens (primary N) is 1. The van der Waals surface area contributed by atoms with Crippen molar-refractivity contribution in [1.82, 2.24) is 10.2 Å². The van der Waals surface area contributed by atoms with Crippen molar-refractivity contribution in [3.05, 3.63) is 24.2 Å². The molecule has 3 atom stereocenters. The van der Waals surface area contributed by atoms with Gasteiger partial charge in [-0.1, -0.05) is 0 Å². The number of carbonyl (C=O) groups is 2. The van der Waals surface area contributed by atoms with Crippen molar-refractivity contribution in [1.29, 1.82) is 0 Å². The monoisotopic (exact) mass is 327 g/mol. The molecule has 2 aliphatic rings. The standard InChI is InChI=1S/C15H21N3O3.ClH/c16-12-4-3-10-8-18(9-11(10)12)14(19)5-6-17-15(20)13-2-1-7-21-13;/h1-2,7,10-12H,3-6,8-9,16H2,(H,17,20);1H. The first kappa shape index (κ1) is 16.8. The van der Waals surface area contributed by atoms with Crippen molar-refractivity contribution in [3.8, 4) is 0 Å². The minimum atomic E-state index is -0.284. The Balaban J connectivity index is 0.00000176. The second-order valence-electron chi connectivity index (χ2n) is 5.95. The molecule has 1 saturated heterocycles. The molecule has 0 spiro atoms. The van der Waals surface area contributed by atoms with E-state index >= 15 is 0 Å². The van der Waals surface area contributed by atoms with Gasteiger partial charge in [0.2, 0.25) is 5.91 Å². The topological polar surface area (TPSA) is 88.6 Å². The summed E-state index contributed by atoms with van der Waals surface area (Å²) in [6, 6.07) is 3.50. The first-order valence-electron chi connectivity index (χ1n) is 7.50. The lowest BCUT2D eigenvalue weighted by atomic mass is 9.98. The van der Waals surface area contributed by atoms with Crippen LogP contribution in [0.1, 0.15) is 29.8 Å². The van der Waals surface area contributed by atoms with E-state index in [-0.39, 0.29) is 36.0 Å². The zero-order valence-corrected chi connectivity index (χ0v) is 13.2. The molecule has 22 heavy (non-hydrogen) atoms. The molecule has 3 unspecified atom stereocenters. The third-order valence-corrected chi connectivity index (χ3v) is 4.63. The maximum atomic E-state index is 12.2. The Morgan fingerprint density at radius 2 is 2.18 bits per heavy atom. The molecule has 6 nitrogen and oxygen atoms in total. The van der Waals surface area contributed by atoms with Crippen molar-refractivity contribution in [2.45, 2.75) is 25.3 Å². The van der Waals surface area contributed by atoms with Gasteiger partial charge in [0, 0.05) is 32.1 Å². The van der Waals surface area contributed by atoms with Gasteiger partial charge in [-0.05, 0) is 36.8 Å². The van der Waals surface area contributed by atoms with Gasteiger partial charge in [0.15, 0.2) is 5.76 Å². The molecule has 2 heterocycles. The lowest BCUT2D eigenvalue weighted by molar-refractivity contribution is -0.130. The summed E-state index contributed by atoms with van der Waals surface area (Å²) in [5.41, 5.74) is 6.07. The van der Waals surface area contributed by atoms with Crippen LogP contribution in [0.15, 0.2) is 22.8 Å². The number of furan rings is 1. The van der Waals surface area contributed by atoms with Crippen LogP contribution in [0.25, 0.3) is 0 Å². The number of halogens is 1. The molecule has 1 aromatic heterocycles. The second-order valence-corrected chi connectivity index (χ2v) is 5.95. The largest absolute Gasteiger partial charge is 0.459 e. The summed E-state index contributed by atoms with van der Waals surface area (Å²) in [6.07, 6.45) is 3.98. The number of rotatable bonds is 4. The third-order valence-electron chi connectivity index (χ3n) is 4.63. The van der Waals surface area contributed by atoms with Crippen molar-refractivity contribution < 1.29 is 14.0 Å². The summed E-state index contributed by atoms with van der Waals surface area (Å²) in [5, 5.41) is 2.69. The van der Waals surface area contributed by atoms with Crippen molar-refractivity contribution in [2.24, 2.45) is 17.6 Å². The van der Waals surface area contributed by atoms with Crippen LogP contribution >= 0.6 is 12.4 Å². The number of amides is 2. The van der Waals surface area contributed by atoms with Crippen molar-refractivity contribution >= 4 is 24.2 Å². The Hall–Kier alpha value is -1.53. The Labute approximate surface area is 135 Å². The SMILES string of the molecule is Cl.NC1CCC2CN(C(=O)CCNC(=O)c3ccco3)CC12. The molecule has 3 rings (SSSR count). The zero-order valence-electron chi connectivity index (χ0n) is 12.4. The van der Waals surface area contributed by atoms with E-state index in [1.54, 1.807) is 12.1 Å². The van der Waals surface area contributed by atoms with Gasteiger partial charge in [-0.2, -0.15) is 0 Å². The van der Waals surface area contributed by atoms with Gasteiger partial charge in [-0.3, -0.25) is 9.59 Å². The van der Waals surface area contributed by atoms with Gasteiger partial charge in [0.05, 0.1) is 6.26 Å². The van der Waals surface area contributed by atoms with E-state index in [9.17, 15) is 9.59 Å². The highest BCUT2D eigenvalue weighted by atomic mass is 35.5. The van der Waals surface area contributed by atoms with Crippen molar-refractivity contribution in [3.63, 3.8) is 0 Å². The van der Waals surface area contributed by atoms with Crippen LogP contribution in [0.2, 0.25) is 0 Å². The highest BCUT2D eigenvalue weighted by Crippen LogP contribution is 2.37. The van der Waals surface area contributed by atoms with Gasteiger partial charge >= 0.3 is 0 Å². The summed E-state index contributed by atoms with van der Waals surface area (Å²) < 4.78 is 4.99. The van der Waals surface area contributed by atoms with E-state index in [1.165, 1.54) is 6.26 Å². The summed E-state index contributed by atoms with van der Waals surface area (Å²) in [4.78, 5) is 25.7. The lowest BCUT2D eigenvalue weighted by Crippen LogP contribution is -2.35. The van der Waals surface area contributed by atoms with Crippen LogP contribution in [-0.4, -0.2) is 42.4 Å². The molecule has 1 aliphatic heterocycles. The molecule has 0 radical (unpaired) electrons. The van der Waals surface area contributed by atoms with Crippen LogP contribution in [0, 0.1) is 11.8 Å². The van der Waals surface area contributed by atoms with Gasteiger partial charge in [0.1, 0.15) is 0 Å². The van der Waals surface area contributed by atoms with Gasteiger partial charge in [-0.15, -0.1) is 12.4 Å². The lowest BCUT2D eigenvalue weighted by Gasteiger charge is -2.18. The predicted octanol–water partition coefficient (Wildman–Crippen LogP) is 1.02. The smallest absolute Gasteiger partial charge is 0.286 e. The van der Waals surface area contributed by atoms with E-state index in [0.29, 0.717) is 24.8 Å². The van der Waals surface area contributed by atoms with E-state index in [1.807, 2.05) is 4.90 Å². The first-order chi connectivity index (χ1) is 10.1. The maximum Gasteiger partial charge on any atom is 0.286 e. The number of likely N-dealkylation sites (tertiary alicyclic amines) is 1. The Morgan fingerprint density at radius 3 is 2.86 bits per heavy atom. The molecule has 3 N–H and O–H groups in total. The number of nitrogens with zero attached hydrogens (tertiary/aromatic N) is 1. The molecule has 1 aliphatic carbocycles. The number of hydrogen-bond donors (Lipinski definition) is 2. The van der Waals surface area contributed by atoms with Gasteiger partial charge < -0.3 is 20.4 Å². The Bertz CT molecular complexity index is 520. The van der Waals surface area contributed by atoms with E-state index in [0.717, 1.165) is 25.9 Å². The maximum absolute atomic E-state index is 12.2. The first-order valence-corrected chi connectivity index (χ1v) is 7.50. The quantitative estimate of drug-likeness (QED) is 0.864. The fraction of sp³-hybridized carbons (Fsp3) is 0.600. The summed E-state index contributed by atoms with van der Waals surface area (Å²) >= 11 is 0. The molecule has 0 bridgehead atoms. The predicted molar refractivity (Wildman–Crippen MR) is 83.7 cm³/mol. The van der Waals surface area contributed by atoms with E-state index < -0.39 is 0 Å². The molecule has 2 amide bonds.